The number of hydrogen-bond donors (Lipinski definition) is 1. The highest BCUT2D eigenvalue weighted by atomic mass is 16.1. The Labute approximate surface area is 128 Å². The predicted octanol–water partition coefficient (Wildman–Crippen LogP) is 2.89. The summed E-state index contributed by atoms with van der Waals surface area (Å²) in [5.41, 5.74) is 2.91. The van der Waals surface area contributed by atoms with Crippen molar-refractivity contribution >= 4 is 11.7 Å². The van der Waals surface area contributed by atoms with E-state index in [4.69, 9.17) is 0 Å². The molecule has 110 valence electrons. The van der Waals surface area contributed by atoms with E-state index in [0.29, 0.717) is 17.9 Å². The quantitative estimate of drug-likeness (QED) is 0.804. The summed E-state index contributed by atoms with van der Waals surface area (Å²) in [6.45, 7) is 2.73. The van der Waals surface area contributed by atoms with Gasteiger partial charge in [-0.15, -0.1) is 0 Å². The van der Waals surface area contributed by atoms with Crippen molar-refractivity contribution in [1.82, 2.24) is 14.8 Å². The minimum Gasteiger partial charge on any atom is -0.305 e. The third-order valence-corrected chi connectivity index (χ3v) is 3.27. The van der Waals surface area contributed by atoms with Gasteiger partial charge in [0.2, 0.25) is 0 Å². The summed E-state index contributed by atoms with van der Waals surface area (Å²) in [6.07, 6.45) is 5.00. The highest BCUT2D eigenvalue weighted by Crippen LogP contribution is 2.09. The van der Waals surface area contributed by atoms with E-state index in [9.17, 15) is 4.79 Å². The molecule has 0 aliphatic carbocycles. The van der Waals surface area contributed by atoms with E-state index >= 15 is 0 Å². The fraction of sp³-hybridized carbons (Fsp3) is 0.118. The molecule has 0 saturated heterocycles. The monoisotopic (exact) mass is 292 g/mol. The molecule has 3 rings (SSSR count). The van der Waals surface area contributed by atoms with Gasteiger partial charge in [-0.3, -0.25) is 14.5 Å². The molecule has 2 heterocycles. The number of rotatable bonds is 4. The molecule has 1 amide bonds. The van der Waals surface area contributed by atoms with Crippen LogP contribution in [0.25, 0.3) is 0 Å². The SMILES string of the molecule is Cc1ccc(Cn2ccc(NC(=O)c3cccnc3)n2)cc1. The van der Waals surface area contributed by atoms with E-state index in [1.165, 1.54) is 17.3 Å². The lowest BCUT2D eigenvalue weighted by molar-refractivity contribution is 0.102. The average Bonchev–Trinajstić information content (AvgIpc) is 2.97. The molecular weight excluding hydrogens is 276 g/mol. The zero-order chi connectivity index (χ0) is 15.4. The topological polar surface area (TPSA) is 59.8 Å². The van der Waals surface area contributed by atoms with Gasteiger partial charge in [-0.25, -0.2) is 0 Å². The van der Waals surface area contributed by atoms with Crippen LogP contribution in [-0.2, 0) is 6.54 Å². The lowest BCUT2D eigenvalue weighted by Crippen LogP contribution is -2.13. The molecule has 0 fully saturated rings. The van der Waals surface area contributed by atoms with Gasteiger partial charge < -0.3 is 5.32 Å². The zero-order valence-electron chi connectivity index (χ0n) is 12.2. The van der Waals surface area contributed by atoms with E-state index in [0.717, 1.165) is 0 Å². The van der Waals surface area contributed by atoms with Gasteiger partial charge >= 0.3 is 0 Å². The fourth-order valence-corrected chi connectivity index (χ4v) is 2.08. The molecular formula is C17H16N4O. The van der Waals surface area contributed by atoms with E-state index in [-0.39, 0.29) is 5.91 Å². The minimum atomic E-state index is -0.214. The molecule has 5 nitrogen and oxygen atoms in total. The number of anilines is 1. The van der Waals surface area contributed by atoms with Gasteiger partial charge in [0.05, 0.1) is 12.1 Å². The Balaban J connectivity index is 1.66. The predicted molar refractivity (Wildman–Crippen MR) is 84.7 cm³/mol. The fourth-order valence-electron chi connectivity index (χ4n) is 2.08. The second kappa shape index (κ2) is 6.22. The number of hydrogen-bond acceptors (Lipinski definition) is 3. The lowest BCUT2D eigenvalue weighted by atomic mass is 10.1. The number of amides is 1. The van der Waals surface area contributed by atoms with Gasteiger partial charge in [0.25, 0.3) is 5.91 Å². The highest BCUT2D eigenvalue weighted by Gasteiger charge is 2.07. The number of pyridine rings is 1. The summed E-state index contributed by atoms with van der Waals surface area (Å²) >= 11 is 0. The van der Waals surface area contributed by atoms with E-state index in [1.807, 2.05) is 6.20 Å². The Hall–Kier alpha value is -2.95. The molecule has 5 heteroatoms. The van der Waals surface area contributed by atoms with Crippen LogP contribution in [0.4, 0.5) is 5.82 Å². The number of benzene rings is 1. The molecule has 0 bridgehead atoms. The highest BCUT2D eigenvalue weighted by molar-refractivity contribution is 6.03. The summed E-state index contributed by atoms with van der Waals surface area (Å²) in [4.78, 5) is 15.9. The number of aryl methyl sites for hydroxylation is 1. The first-order valence-corrected chi connectivity index (χ1v) is 7.01. The summed E-state index contributed by atoms with van der Waals surface area (Å²) in [5, 5.41) is 7.12. The smallest absolute Gasteiger partial charge is 0.258 e. The Morgan fingerprint density at radius 2 is 2.00 bits per heavy atom. The Morgan fingerprint density at radius 3 is 2.73 bits per heavy atom. The summed E-state index contributed by atoms with van der Waals surface area (Å²) in [5.74, 6) is 0.314. The van der Waals surface area contributed by atoms with Crippen LogP contribution in [0.3, 0.4) is 0 Å². The van der Waals surface area contributed by atoms with Gasteiger partial charge in [0, 0.05) is 24.7 Å². The van der Waals surface area contributed by atoms with Crippen LogP contribution in [0.1, 0.15) is 21.5 Å². The number of aromatic nitrogens is 3. The first kappa shape index (κ1) is 14.0. The van der Waals surface area contributed by atoms with Crippen molar-refractivity contribution in [1.29, 1.82) is 0 Å². The molecule has 0 atom stereocenters. The molecule has 0 aliphatic heterocycles. The van der Waals surface area contributed by atoms with Crippen molar-refractivity contribution in [3.05, 3.63) is 77.7 Å². The molecule has 1 N–H and O–H groups in total. The molecule has 22 heavy (non-hydrogen) atoms. The van der Waals surface area contributed by atoms with Crippen LogP contribution >= 0.6 is 0 Å². The van der Waals surface area contributed by atoms with Crippen molar-refractivity contribution < 1.29 is 4.79 Å². The molecule has 2 aromatic heterocycles. The van der Waals surface area contributed by atoms with Gasteiger partial charge in [-0.2, -0.15) is 5.10 Å². The van der Waals surface area contributed by atoms with Crippen molar-refractivity contribution in [3.8, 4) is 0 Å². The summed E-state index contributed by atoms with van der Waals surface area (Å²) < 4.78 is 1.80. The molecule has 0 saturated carbocycles. The van der Waals surface area contributed by atoms with Crippen molar-refractivity contribution in [2.45, 2.75) is 13.5 Å². The summed E-state index contributed by atoms with van der Waals surface area (Å²) in [6, 6.07) is 13.5. The van der Waals surface area contributed by atoms with Gasteiger partial charge in [0.15, 0.2) is 5.82 Å². The van der Waals surface area contributed by atoms with Gasteiger partial charge in [-0.1, -0.05) is 29.8 Å². The standard InChI is InChI=1S/C17H16N4O/c1-13-4-6-14(7-5-13)12-21-10-8-16(20-21)19-17(22)15-3-2-9-18-11-15/h2-11H,12H2,1H3,(H,19,20,22). The molecule has 0 aliphatic rings. The van der Waals surface area contributed by atoms with E-state index < -0.39 is 0 Å². The van der Waals surface area contributed by atoms with Crippen LogP contribution in [0.5, 0.6) is 0 Å². The zero-order valence-corrected chi connectivity index (χ0v) is 12.2. The Bertz CT molecular complexity index is 763. The number of nitrogens with one attached hydrogen (secondary N) is 1. The number of nitrogens with zero attached hydrogens (tertiary/aromatic N) is 3. The van der Waals surface area contributed by atoms with E-state index in [1.54, 1.807) is 29.1 Å². The van der Waals surface area contributed by atoms with Gasteiger partial charge in [-0.05, 0) is 24.6 Å². The van der Waals surface area contributed by atoms with Crippen LogP contribution < -0.4 is 5.32 Å². The van der Waals surface area contributed by atoms with Gasteiger partial charge in [0.1, 0.15) is 0 Å². The maximum absolute atomic E-state index is 12.0. The normalized spacial score (nSPS) is 10.4. The Kier molecular flexibility index (Phi) is 3.96. The molecule has 0 radical (unpaired) electrons. The maximum atomic E-state index is 12.0. The number of carbonyl (C=O) groups excluding carboxylic acids is 1. The first-order chi connectivity index (χ1) is 10.7. The molecule has 1 aromatic carbocycles. The third kappa shape index (κ3) is 3.38. The van der Waals surface area contributed by atoms with Crippen LogP contribution in [0.2, 0.25) is 0 Å². The van der Waals surface area contributed by atoms with Crippen LogP contribution in [-0.4, -0.2) is 20.7 Å². The van der Waals surface area contributed by atoms with Crippen molar-refractivity contribution in [2.24, 2.45) is 0 Å². The molecule has 0 unspecified atom stereocenters. The first-order valence-electron chi connectivity index (χ1n) is 7.01. The third-order valence-electron chi connectivity index (χ3n) is 3.27. The van der Waals surface area contributed by atoms with Crippen LogP contribution in [0.15, 0.2) is 61.1 Å². The van der Waals surface area contributed by atoms with E-state index in [2.05, 4.69) is 46.6 Å². The average molecular weight is 292 g/mol. The number of carbonyl (C=O) groups is 1. The minimum absolute atomic E-state index is 0.214. The molecule has 0 spiro atoms. The molecule has 3 aromatic rings. The largest absolute Gasteiger partial charge is 0.305 e. The van der Waals surface area contributed by atoms with Crippen LogP contribution in [0, 0.1) is 6.92 Å². The second-order valence-electron chi connectivity index (χ2n) is 5.08. The van der Waals surface area contributed by atoms with Crippen molar-refractivity contribution in [3.63, 3.8) is 0 Å². The lowest BCUT2D eigenvalue weighted by Gasteiger charge is -2.03. The second-order valence-corrected chi connectivity index (χ2v) is 5.08. The maximum Gasteiger partial charge on any atom is 0.258 e. The van der Waals surface area contributed by atoms with Crippen molar-refractivity contribution in [2.75, 3.05) is 5.32 Å². The Morgan fingerprint density at radius 1 is 1.18 bits per heavy atom. The summed E-state index contributed by atoms with van der Waals surface area (Å²) in [7, 11) is 0.